The second-order valence-corrected chi connectivity index (χ2v) is 5.45. The third kappa shape index (κ3) is 3.44. The number of methoxy groups -OCH3 is 1. The van der Waals surface area contributed by atoms with E-state index in [2.05, 4.69) is 10.0 Å². The zero-order valence-electron chi connectivity index (χ0n) is 15.0. The average Bonchev–Trinajstić information content (AvgIpc) is 2.93. The molecule has 27 heavy (non-hydrogen) atoms. The summed E-state index contributed by atoms with van der Waals surface area (Å²) in [5, 5.41) is 15.3. The summed E-state index contributed by atoms with van der Waals surface area (Å²) in [6, 6.07) is -0.602. The van der Waals surface area contributed by atoms with Gasteiger partial charge in [0.1, 0.15) is 17.1 Å². The number of carbonyl (C=O) groups excluding carboxylic acids is 1. The number of aromatic nitrogens is 1. The van der Waals surface area contributed by atoms with E-state index in [4.69, 9.17) is 20.6 Å². The molecule has 0 spiro atoms. The van der Waals surface area contributed by atoms with Crippen LogP contribution in [0.5, 0.6) is 5.75 Å². The minimum Gasteiger partial charge on any atom is -0.496 e. The third-order valence-corrected chi connectivity index (χ3v) is 3.85. The predicted molar refractivity (Wildman–Crippen MR) is 90.6 cm³/mol. The van der Waals surface area contributed by atoms with Gasteiger partial charge < -0.3 is 14.0 Å². The minimum absolute atomic E-state index is 0.0323. The van der Waals surface area contributed by atoms with Crippen molar-refractivity contribution in [2.45, 2.75) is 26.8 Å². The van der Waals surface area contributed by atoms with Gasteiger partial charge in [-0.05, 0) is 26.8 Å². The van der Waals surface area contributed by atoms with Crippen LogP contribution in [0.3, 0.4) is 0 Å². The molecule has 0 aliphatic heterocycles. The molecular weight excluding hydrogens is 361 g/mol. The molecule has 9 nitrogen and oxygen atoms in total. The van der Waals surface area contributed by atoms with Crippen molar-refractivity contribution in [1.29, 1.82) is 0 Å². The van der Waals surface area contributed by atoms with Crippen molar-refractivity contribution in [2.24, 2.45) is 0 Å². The van der Waals surface area contributed by atoms with Crippen LogP contribution in [0.25, 0.3) is 16.0 Å². The first kappa shape index (κ1) is 19.8. The van der Waals surface area contributed by atoms with Crippen LogP contribution in [0.4, 0.5) is 10.1 Å². The van der Waals surface area contributed by atoms with Crippen molar-refractivity contribution >= 4 is 11.7 Å². The standard InChI is InChI=1S/C17H16FN3O6/c1-6-26-17(22)15(19-4)10-7-11(25-5)13(14(18)16(10)21(23)24)12-8(2)20-27-9(12)3/h7,15H,6H2,1-3,5H3. The van der Waals surface area contributed by atoms with E-state index in [1.54, 1.807) is 6.92 Å². The fourth-order valence-electron chi connectivity index (χ4n) is 2.73. The van der Waals surface area contributed by atoms with Gasteiger partial charge in [-0.3, -0.25) is 15.0 Å². The molecule has 0 fully saturated rings. The summed E-state index contributed by atoms with van der Waals surface area (Å²) in [6.07, 6.45) is 0. The molecule has 1 aromatic carbocycles. The van der Waals surface area contributed by atoms with Crippen molar-refractivity contribution in [3.8, 4) is 16.9 Å². The Morgan fingerprint density at radius 1 is 1.48 bits per heavy atom. The zero-order chi connectivity index (χ0) is 20.3. The van der Waals surface area contributed by atoms with E-state index in [0.29, 0.717) is 5.69 Å². The van der Waals surface area contributed by atoms with Gasteiger partial charge in [0, 0.05) is 0 Å². The first-order valence-corrected chi connectivity index (χ1v) is 7.79. The molecule has 1 heterocycles. The molecule has 0 saturated heterocycles. The molecule has 0 radical (unpaired) electrons. The second-order valence-electron chi connectivity index (χ2n) is 5.45. The lowest BCUT2D eigenvalue weighted by Crippen LogP contribution is -2.16. The lowest BCUT2D eigenvalue weighted by molar-refractivity contribution is -0.388. The summed E-state index contributed by atoms with van der Waals surface area (Å²) in [4.78, 5) is 25.7. The number of aryl methyl sites for hydroxylation is 2. The smallest absolute Gasteiger partial charge is 0.395 e. The van der Waals surface area contributed by atoms with Crippen LogP contribution in [-0.2, 0) is 9.53 Å². The fourth-order valence-corrected chi connectivity index (χ4v) is 2.73. The first-order valence-electron chi connectivity index (χ1n) is 7.79. The SMILES string of the molecule is [C-]#[N+]C(C(=O)OCC)c1cc(OC)c(-c2c(C)noc2C)c(F)c1[N+](=O)[O-]. The molecule has 1 aromatic heterocycles. The number of carbonyl (C=O) groups is 1. The Morgan fingerprint density at radius 2 is 2.15 bits per heavy atom. The summed E-state index contributed by atoms with van der Waals surface area (Å²) in [6.45, 7) is 11.8. The second kappa shape index (κ2) is 7.82. The number of nitro groups is 1. The highest BCUT2D eigenvalue weighted by atomic mass is 19.1. The molecule has 142 valence electrons. The molecular formula is C17H16FN3O6. The topological polar surface area (TPSA) is 109 Å². The molecule has 0 aliphatic carbocycles. The Morgan fingerprint density at radius 3 is 2.59 bits per heavy atom. The maximum absolute atomic E-state index is 15.3. The van der Waals surface area contributed by atoms with Gasteiger partial charge in [0.15, 0.2) is 0 Å². The lowest BCUT2D eigenvalue weighted by Gasteiger charge is -2.13. The van der Waals surface area contributed by atoms with Gasteiger partial charge in [-0.1, -0.05) is 5.16 Å². The molecule has 2 rings (SSSR count). The molecule has 10 heteroatoms. The number of nitro benzene ring substituents is 1. The number of hydrogen-bond donors (Lipinski definition) is 0. The fraction of sp³-hybridized carbons (Fsp3) is 0.353. The maximum Gasteiger partial charge on any atom is 0.395 e. The van der Waals surface area contributed by atoms with E-state index in [-0.39, 0.29) is 29.2 Å². The van der Waals surface area contributed by atoms with Gasteiger partial charge in [-0.15, -0.1) is 0 Å². The molecule has 2 aromatic rings. The Bertz CT molecular complexity index is 928. The number of halogens is 1. The van der Waals surface area contributed by atoms with Crippen LogP contribution in [0.15, 0.2) is 10.6 Å². The lowest BCUT2D eigenvalue weighted by atomic mass is 9.95. The van der Waals surface area contributed by atoms with Gasteiger partial charge in [-0.25, -0.2) is 11.4 Å². The average molecular weight is 377 g/mol. The van der Waals surface area contributed by atoms with Gasteiger partial charge in [0.2, 0.25) is 5.82 Å². The zero-order valence-corrected chi connectivity index (χ0v) is 15.0. The summed E-state index contributed by atoms with van der Waals surface area (Å²) in [7, 11) is 1.24. The molecule has 1 atom stereocenters. The number of ether oxygens (including phenoxy) is 2. The van der Waals surface area contributed by atoms with Crippen LogP contribution in [0.1, 0.15) is 30.0 Å². The van der Waals surface area contributed by atoms with E-state index in [0.717, 1.165) is 6.07 Å². The van der Waals surface area contributed by atoms with Gasteiger partial charge in [0.25, 0.3) is 0 Å². The van der Waals surface area contributed by atoms with E-state index >= 15 is 4.39 Å². The van der Waals surface area contributed by atoms with Gasteiger partial charge >= 0.3 is 17.7 Å². The molecule has 0 saturated carbocycles. The monoisotopic (exact) mass is 377 g/mol. The highest BCUT2D eigenvalue weighted by molar-refractivity contribution is 5.84. The van der Waals surface area contributed by atoms with Crippen molar-refractivity contribution in [2.75, 3.05) is 13.7 Å². The van der Waals surface area contributed by atoms with Crippen molar-refractivity contribution < 1.29 is 28.1 Å². The van der Waals surface area contributed by atoms with E-state index in [1.807, 2.05) is 0 Å². The summed E-state index contributed by atoms with van der Waals surface area (Å²) in [5.74, 6) is -2.12. The molecule has 0 amide bonds. The van der Waals surface area contributed by atoms with Crippen LogP contribution in [0.2, 0.25) is 0 Å². The van der Waals surface area contributed by atoms with Crippen LogP contribution in [-0.4, -0.2) is 29.8 Å². The van der Waals surface area contributed by atoms with Gasteiger partial charge in [0.05, 0.1) is 35.5 Å². The van der Waals surface area contributed by atoms with Crippen molar-refractivity contribution in [3.05, 3.63) is 50.4 Å². The Hall–Kier alpha value is -3.48. The first-order chi connectivity index (χ1) is 12.8. The number of nitrogens with zero attached hydrogens (tertiary/aromatic N) is 3. The molecule has 1 unspecified atom stereocenters. The minimum atomic E-state index is -1.70. The maximum atomic E-state index is 15.3. The number of rotatable bonds is 6. The predicted octanol–water partition coefficient (Wildman–Crippen LogP) is 3.54. The van der Waals surface area contributed by atoms with E-state index < -0.39 is 34.0 Å². The summed E-state index contributed by atoms with van der Waals surface area (Å²) >= 11 is 0. The van der Waals surface area contributed by atoms with Crippen LogP contribution < -0.4 is 4.74 Å². The highest BCUT2D eigenvalue weighted by Gasteiger charge is 2.40. The van der Waals surface area contributed by atoms with Crippen LogP contribution >= 0.6 is 0 Å². The van der Waals surface area contributed by atoms with Crippen molar-refractivity contribution in [1.82, 2.24) is 5.16 Å². The summed E-state index contributed by atoms with van der Waals surface area (Å²) < 4.78 is 30.2. The quantitative estimate of drug-likeness (QED) is 0.328. The Labute approximate surface area is 153 Å². The molecule has 0 bridgehead atoms. The molecule has 0 aliphatic rings. The number of esters is 1. The number of hydrogen-bond acceptors (Lipinski definition) is 7. The van der Waals surface area contributed by atoms with E-state index in [9.17, 15) is 14.9 Å². The Kier molecular flexibility index (Phi) is 5.75. The van der Waals surface area contributed by atoms with E-state index in [1.165, 1.54) is 21.0 Å². The highest BCUT2D eigenvalue weighted by Crippen LogP contribution is 2.44. The Balaban J connectivity index is 2.87. The van der Waals surface area contributed by atoms with Gasteiger partial charge in [-0.2, -0.15) is 4.39 Å². The normalized spacial score (nSPS) is 11.6. The molecule has 0 N–H and O–H groups in total. The number of benzene rings is 1. The van der Waals surface area contributed by atoms with Crippen LogP contribution in [0, 0.1) is 36.4 Å². The summed E-state index contributed by atoms with van der Waals surface area (Å²) in [5.41, 5.74) is -1.16. The third-order valence-electron chi connectivity index (χ3n) is 3.85. The largest absolute Gasteiger partial charge is 0.496 e. The van der Waals surface area contributed by atoms with Crippen molar-refractivity contribution in [3.63, 3.8) is 0 Å².